The average Bonchev–Trinajstić information content (AvgIpc) is 3.71. The molecule has 0 unspecified atom stereocenters. The molecule has 5 aromatic rings. The van der Waals surface area contributed by atoms with Crippen LogP contribution >= 0.6 is 11.6 Å². The molecule has 0 radical (unpaired) electrons. The van der Waals surface area contributed by atoms with E-state index in [0.29, 0.717) is 22.4 Å². The van der Waals surface area contributed by atoms with Crippen LogP contribution in [0.3, 0.4) is 0 Å². The van der Waals surface area contributed by atoms with E-state index in [-0.39, 0.29) is 29.7 Å². The molecule has 1 N–H and O–H groups in total. The third-order valence-corrected chi connectivity index (χ3v) is 8.46. The Labute approximate surface area is 291 Å². The number of carbonyl (C=O) groups excluding carboxylic acids is 2. The lowest BCUT2D eigenvalue weighted by Gasteiger charge is -2.31. The van der Waals surface area contributed by atoms with Gasteiger partial charge in [0.1, 0.15) is 12.9 Å². The largest absolute Gasteiger partial charge is 0.444 e. The van der Waals surface area contributed by atoms with Gasteiger partial charge in [-0.2, -0.15) is 5.10 Å². The Morgan fingerprint density at radius 2 is 1.82 bits per heavy atom. The number of ether oxygens (including phenoxy) is 1. The molecule has 0 spiro atoms. The van der Waals surface area contributed by atoms with Crippen molar-refractivity contribution in [3.8, 4) is 16.9 Å². The minimum atomic E-state index is -2.91. The highest BCUT2D eigenvalue weighted by molar-refractivity contribution is 6.32. The lowest BCUT2D eigenvalue weighted by atomic mass is 9.83. The number of carbonyl (C=O) groups is 2. The monoisotopic (exact) mass is 696 g/mol. The van der Waals surface area contributed by atoms with Gasteiger partial charge in [0.25, 0.3) is 12.3 Å². The predicted octanol–water partition coefficient (Wildman–Crippen LogP) is 7.36. The summed E-state index contributed by atoms with van der Waals surface area (Å²) in [5.41, 5.74) is 2.51. The van der Waals surface area contributed by atoms with Gasteiger partial charge < -0.3 is 4.74 Å². The molecule has 2 atom stereocenters. The number of hydrogen-bond acceptors (Lipinski definition) is 8. The van der Waals surface area contributed by atoms with Gasteiger partial charge >= 0.3 is 6.09 Å². The van der Waals surface area contributed by atoms with Gasteiger partial charge in [-0.25, -0.2) is 28.2 Å². The van der Waals surface area contributed by atoms with Crippen molar-refractivity contribution < 1.29 is 23.1 Å². The van der Waals surface area contributed by atoms with E-state index in [1.807, 2.05) is 42.5 Å². The second kappa shape index (κ2) is 14.3. The topological polar surface area (TPSA) is 127 Å². The van der Waals surface area contributed by atoms with E-state index in [0.717, 1.165) is 22.1 Å². The fraction of sp³-hybridized carbons (Fsp3) is 0.194. The molecule has 0 fully saturated rings. The van der Waals surface area contributed by atoms with Gasteiger partial charge in [0.2, 0.25) is 5.96 Å². The summed E-state index contributed by atoms with van der Waals surface area (Å²) in [5, 5.41) is 6.77. The maximum atomic E-state index is 14.8. The fourth-order valence-electron chi connectivity index (χ4n) is 5.77. The van der Waals surface area contributed by atoms with E-state index in [2.05, 4.69) is 31.9 Å². The van der Waals surface area contributed by atoms with E-state index in [1.165, 1.54) is 11.0 Å². The van der Waals surface area contributed by atoms with Crippen molar-refractivity contribution in [3.05, 3.63) is 137 Å². The highest BCUT2D eigenvalue weighted by Crippen LogP contribution is 2.42. The molecule has 50 heavy (non-hydrogen) atoms. The van der Waals surface area contributed by atoms with Gasteiger partial charge in [0.15, 0.2) is 11.4 Å². The van der Waals surface area contributed by atoms with Crippen molar-refractivity contribution in [2.75, 3.05) is 0 Å². The van der Waals surface area contributed by atoms with E-state index < -0.39 is 35.8 Å². The van der Waals surface area contributed by atoms with Crippen molar-refractivity contribution in [2.45, 2.75) is 44.9 Å². The molecule has 3 aromatic carbocycles. The lowest BCUT2D eigenvalue weighted by molar-refractivity contribution is -0.133. The first-order valence-corrected chi connectivity index (χ1v) is 15.9. The first-order chi connectivity index (χ1) is 24.1. The first kappa shape index (κ1) is 34.1. The predicted molar refractivity (Wildman–Crippen MR) is 182 cm³/mol. The van der Waals surface area contributed by atoms with Crippen LogP contribution in [-0.4, -0.2) is 47.6 Å². The van der Waals surface area contributed by atoms with Crippen molar-refractivity contribution >= 4 is 29.6 Å². The molecular weight excluding hydrogens is 666 g/mol. The smallest absolute Gasteiger partial charge is 0.414 e. The molecule has 2 amide bonds. The van der Waals surface area contributed by atoms with Crippen LogP contribution in [0.15, 0.2) is 115 Å². The van der Waals surface area contributed by atoms with Crippen LogP contribution in [0.1, 0.15) is 55.3 Å². The molecule has 6 rings (SSSR count). The number of aliphatic imine (C=N–C) groups is 1. The summed E-state index contributed by atoms with van der Waals surface area (Å²) in [7, 11) is 0. The van der Waals surface area contributed by atoms with Crippen LogP contribution in [0.5, 0.6) is 0 Å². The Morgan fingerprint density at radius 3 is 2.50 bits per heavy atom. The van der Waals surface area contributed by atoms with Crippen LogP contribution in [0, 0.1) is 0 Å². The second-order valence-electron chi connectivity index (χ2n) is 11.7. The van der Waals surface area contributed by atoms with Crippen LogP contribution in [0.25, 0.3) is 16.9 Å². The molecule has 0 saturated heterocycles. The van der Waals surface area contributed by atoms with Gasteiger partial charge in [-0.3, -0.25) is 25.0 Å². The third-order valence-electron chi connectivity index (χ3n) is 8.14. The molecule has 0 saturated carbocycles. The molecule has 0 bridgehead atoms. The van der Waals surface area contributed by atoms with Gasteiger partial charge in [-0.05, 0) is 42.7 Å². The zero-order chi connectivity index (χ0) is 35.4. The number of nitrogens with one attached hydrogen (secondary N) is 1. The molecule has 1 aliphatic rings. The van der Waals surface area contributed by atoms with Gasteiger partial charge in [-0.15, -0.1) is 6.58 Å². The van der Waals surface area contributed by atoms with Gasteiger partial charge in [0, 0.05) is 24.4 Å². The Kier molecular flexibility index (Phi) is 9.77. The van der Waals surface area contributed by atoms with E-state index in [4.69, 9.17) is 21.3 Å². The number of guanidine groups is 1. The standard InChI is InChI=1S/C36H31ClF2N8O3/c1-22(2)18-36(27-12-9-25(10-13-27)29-19-40-15-16-41-29)33(48)46(34(45-36)44-35(49)50-20-24-7-5-4-6-8-24)23(3)26-11-14-28(37)30(17-26)47-32(31(38)39)42-21-43-47/h4-17,19,21,23,31H,1,18,20H2,2-3H3,(H,44,45,49)/t23-,36+/m0/s1. The maximum absolute atomic E-state index is 14.8. The molecule has 254 valence electrons. The molecule has 1 aliphatic heterocycles. The zero-order valence-electron chi connectivity index (χ0n) is 27.0. The Bertz CT molecular complexity index is 2060. The molecule has 2 aromatic heterocycles. The van der Waals surface area contributed by atoms with E-state index in [1.54, 1.807) is 56.7 Å². The number of aromatic nitrogens is 5. The summed E-state index contributed by atoms with van der Waals surface area (Å²) >= 11 is 6.45. The number of alkyl halides is 2. The molecule has 0 aliphatic carbocycles. The van der Waals surface area contributed by atoms with Crippen LogP contribution < -0.4 is 5.32 Å². The summed E-state index contributed by atoms with van der Waals surface area (Å²) in [6.45, 7) is 7.57. The minimum Gasteiger partial charge on any atom is -0.444 e. The van der Waals surface area contributed by atoms with Crippen LogP contribution in [0.2, 0.25) is 5.02 Å². The summed E-state index contributed by atoms with van der Waals surface area (Å²) in [6.07, 6.45) is 2.18. The second-order valence-corrected chi connectivity index (χ2v) is 12.1. The number of benzene rings is 3. The molecule has 14 heteroatoms. The summed E-state index contributed by atoms with van der Waals surface area (Å²) in [4.78, 5) is 46.5. The normalized spacial score (nSPS) is 16.3. The summed E-state index contributed by atoms with van der Waals surface area (Å²) < 4.78 is 33.9. The van der Waals surface area contributed by atoms with Gasteiger partial charge in [-0.1, -0.05) is 77.8 Å². The van der Waals surface area contributed by atoms with Crippen LogP contribution in [0.4, 0.5) is 13.6 Å². The molecular formula is C36H31ClF2N8O3. The lowest BCUT2D eigenvalue weighted by Crippen LogP contribution is -2.47. The van der Waals surface area contributed by atoms with Crippen molar-refractivity contribution in [2.24, 2.45) is 4.99 Å². The fourth-order valence-corrected chi connectivity index (χ4v) is 5.97. The van der Waals surface area contributed by atoms with Crippen LogP contribution in [-0.2, 0) is 21.7 Å². The number of hydrogen-bond donors (Lipinski definition) is 1. The first-order valence-electron chi connectivity index (χ1n) is 15.5. The summed E-state index contributed by atoms with van der Waals surface area (Å²) in [6, 6.07) is 20.2. The number of amides is 2. The minimum absolute atomic E-state index is 0.0187. The van der Waals surface area contributed by atoms with E-state index in [9.17, 15) is 18.4 Å². The molecule has 3 heterocycles. The Hall–Kier alpha value is -5.82. The quantitative estimate of drug-likeness (QED) is 0.151. The van der Waals surface area contributed by atoms with Crippen molar-refractivity contribution in [1.29, 1.82) is 0 Å². The maximum Gasteiger partial charge on any atom is 0.414 e. The Morgan fingerprint density at radius 1 is 1.06 bits per heavy atom. The van der Waals surface area contributed by atoms with E-state index >= 15 is 0 Å². The molecule has 11 nitrogen and oxygen atoms in total. The van der Waals surface area contributed by atoms with Crippen molar-refractivity contribution in [1.82, 2.24) is 34.9 Å². The SMILES string of the molecule is C=C(C)C[C@]1(c2ccc(-c3cnccn3)cc2)N=C(NC(=O)OCc2ccccc2)N([C@@H](C)c2ccc(Cl)c(-n3ncnc3C(F)F)c2)C1=O. The van der Waals surface area contributed by atoms with Gasteiger partial charge in [0.05, 0.1) is 28.6 Å². The Balaban J connectivity index is 1.40. The highest BCUT2D eigenvalue weighted by atomic mass is 35.5. The van der Waals surface area contributed by atoms with Crippen molar-refractivity contribution in [3.63, 3.8) is 0 Å². The number of rotatable bonds is 10. The zero-order valence-corrected chi connectivity index (χ0v) is 27.8. The third kappa shape index (κ3) is 6.85. The number of alkyl carbamates (subject to hydrolysis) is 1. The highest BCUT2D eigenvalue weighted by Gasteiger charge is 2.51. The summed E-state index contributed by atoms with van der Waals surface area (Å²) in [5.74, 6) is -1.11. The number of halogens is 3. The average molecular weight is 697 g/mol. The number of nitrogens with zero attached hydrogens (tertiary/aromatic N) is 7.